The van der Waals surface area contributed by atoms with Gasteiger partial charge in [0.15, 0.2) is 11.5 Å². The van der Waals surface area contributed by atoms with Gasteiger partial charge in [-0.2, -0.15) is 5.10 Å². The number of ether oxygens (including phenoxy) is 2. The maximum absolute atomic E-state index is 5.61. The molecular formula is C20H13BrN4O2. The summed E-state index contributed by atoms with van der Waals surface area (Å²) in [6.45, 7) is 0.249. The fourth-order valence-corrected chi connectivity index (χ4v) is 4.41. The van der Waals surface area contributed by atoms with Crippen LogP contribution in [-0.2, 0) is 0 Å². The Morgan fingerprint density at radius 3 is 2.85 bits per heavy atom. The molecule has 2 aromatic heterocycles. The minimum atomic E-state index is -0.0905. The molecule has 0 saturated carbocycles. The van der Waals surface area contributed by atoms with Crippen molar-refractivity contribution in [3.8, 4) is 22.8 Å². The standard InChI is InChI=1S/C20H13BrN4O2/c21-14-8-17-16(26-10-27-17)7-13(14)18-12-5-6-25-20(12)19(22-9-23-25)11-3-1-2-4-15(11)24-18/h1-9,18,24H,10H2. The first-order chi connectivity index (χ1) is 13.3. The van der Waals surface area contributed by atoms with Gasteiger partial charge in [0.05, 0.1) is 11.6 Å². The maximum Gasteiger partial charge on any atom is 0.231 e. The lowest BCUT2D eigenvalue weighted by Gasteiger charge is -2.21. The zero-order valence-electron chi connectivity index (χ0n) is 14.0. The average molecular weight is 421 g/mol. The van der Waals surface area contributed by atoms with Crippen LogP contribution >= 0.6 is 15.9 Å². The lowest BCUT2D eigenvalue weighted by Crippen LogP contribution is -2.12. The number of hydrogen-bond donors (Lipinski definition) is 1. The van der Waals surface area contributed by atoms with E-state index < -0.39 is 0 Å². The highest BCUT2D eigenvalue weighted by molar-refractivity contribution is 9.10. The smallest absolute Gasteiger partial charge is 0.231 e. The maximum atomic E-state index is 5.61. The number of anilines is 1. The van der Waals surface area contributed by atoms with Crippen molar-refractivity contribution in [2.75, 3.05) is 12.1 Å². The number of nitrogens with zero attached hydrogens (tertiary/aromatic N) is 3. The highest BCUT2D eigenvalue weighted by atomic mass is 79.9. The first-order valence-electron chi connectivity index (χ1n) is 8.57. The Hall–Kier alpha value is -3.06. The molecule has 6 rings (SSSR count). The summed E-state index contributed by atoms with van der Waals surface area (Å²) in [5, 5.41) is 8.08. The van der Waals surface area contributed by atoms with Crippen LogP contribution in [0.5, 0.6) is 11.5 Å². The highest BCUT2D eigenvalue weighted by Gasteiger charge is 2.29. The van der Waals surface area contributed by atoms with Crippen LogP contribution in [0.25, 0.3) is 16.8 Å². The number of fused-ring (bicyclic) bond motifs is 3. The third-order valence-corrected chi connectivity index (χ3v) is 5.77. The summed E-state index contributed by atoms with van der Waals surface area (Å²) in [5.41, 5.74) is 6.20. The first-order valence-corrected chi connectivity index (χ1v) is 9.36. The van der Waals surface area contributed by atoms with Crippen LogP contribution in [0.15, 0.2) is 59.5 Å². The van der Waals surface area contributed by atoms with E-state index in [0.717, 1.165) is 49.6 Å². The zero-order valence-corrected chi connectivity index (χ0v) is 15.6. The van der Waals surface area contributed by atoms with Crippen molar-refractivity contribution in [1.82, 2.24) is 14.6 Å². The van der Waals surface area contributed by atoms with Crippen LogP contribution in [0.2, 0.25) is 0 Å². The van der Waals surface area contributed by atoms with Crippen molar-refractivity contribution in [3.63, 3.8) is 0 Å². The summed E-state index contributed by atoms with van der Waals surface area (Å²) < 4.78 is 14.0. The third-order valence-electron chi connectivity index (χ3n) is 5.08. The molecule has 4 heterocycles. The van der Waals surface area contributed by atoms with Gasteiger partial charge in [0.1, 0.15) is 12.0 Å². The third kappa shape index (κ3) is 2.12. The quantitative estimate of drug-likeness (QED) is 0.494. The fourth-order valence-electron chi connectivity index (χ4n) is 3.86. The molecule has 132 valence electrons. The van der Waals surface area contributed by atoms with Gasteiger partial charge in [-0.25, -0.2) is 9.50 Å². The topological polar surface area (TPSA) is 60.7 Å². The molecule has 7 heteroatoms. The van der Waals surface area contributed by atoms with E-state index in [9.17, 15) is 0 Å². The van der Waals surface area contributed by atoms with Gasteiger partial charge in [-0.3, -0.25) is 0 Å². The summed E-state index contributed by atoms with van der Waals surface area (Å²) >= 11 is 3.71. The molecule has 0 radical (unpaired) electrons. The van der Waals surface area contributed by atoms with Crippen LogP contribution in [0.4, 0.5) is 5.69 Å². The minimum Gasteiger partial charge on any atom is -0.454 e. The lowest BCUT2D eigenvalue weighted by atomic mass is 9.99. The molecule has 0 aliphatic carbocycles. The van der Waals surface area contributed by atoms with Gasteiger partial charge in [-0.05, 0) is 29.8 Å². The molecule has 0 fully saturated rings. The largest absolute Gasteiger partial charge is 0.454 e. The van der Waals surface area contributed by atoms with Gasteiger partial charge in [0.2, 0.25) is 6.79 Å². The van der Waals surface area contributed by atoms with Crippen molar-refractivity contribution in [1.29, 1.82) is 0 Å². The second kappa shape index (κ2) is 5.47. The number of benzene rings is 2. The molecule has 1 N–H and O–H groups in total. The predicted octanol–water partition coefficient (Wildman–Crippen LogP) is 4.40. The van der Waals surface area contributed by atoms with Gasteiger partial charge in [0, 0.05) is 27.5 Å². The number of halogens is 1. The number of para-hydroxylation sites is 1. The van der Waals surface area contributed by atoms with Crippen LogP contribution in [0.1, 0.15) is 17.2 Å². The van der Waals surface area contributed by atoms with Crippen molar-refractivity contribution in [3.05, 3.63) is 70.6 Å². The average Bonchev–Trinajstić information content (AvgIpc) is 3.29. The molecule has 6 nitrogen and oxygen atoms in total. The summed E-state index contributed by atoms with van der Waals surface area (Å²) in [7, 11) is 0. The van der Waals surface area contributed by atoms with Gasteiger partial charge in [-0.15, -0.1) is 0 Å². The van der Waals surface area contributed by atoms with E-state index in [1.807, 2.05) is 35.0 Å². The summed E-state index contributed by atoms with van der Waals surface area (Å²) in [6.07, 6.45) is 3.57. The Labute approximate surface area is 162 Å². The fraction of sp³-hybridized carbons (Fsp3) is 0.100. The Bertz CT molecular complexity index is 1220. The Balaban J connectivity index is 1.65. The van der Waals surface area contributed by atoms with Crippen LogP contribution < -0.4 is 14.8 Å². The molecule has 0 spiro atoms. The second-order valence-electron chi connectivity index (χ2n) is 6.52. The van der Waals surface area contributed by atoms with E-state index in [0.29, 0.717) is 0 Å². The SMILES string of the molecule is Brc1cc2c(cc1C1Nc3ccccc3-c3ncnn4ccc1c34)OCO2. The normalized spacial score (nSPS) is 16.7. The molecule has 27 heavy (non-hydrogen) atoms. The van der Waals surface area contributed by atoms with E-state index in [1.54, 1.807) is 6.33 Å². The van der Waals surface area contributed by atoms with Crippen LogP contribution in [0, 0.1) is 0 Å². The van der Waals surface area contributed by atoms with Crippen LogP contribution in [0.3, 0.4) is 0 Å². The molecule has 0 saturated heterocycles. The van der Waals surface area contributed by atoms with Gasteiger partial charge < -0.3 is 14.8 Å². The van der Waals surface area contributed by atoms with E-state index in [1.165, 1.54) is 0 Å². The Morgan fingerprint density at radius 2 is 1.93 bits per heavy atom. The van der Waals surface area contributed by atoms with E-state index in [-0.39, 0.29) is 12.8 Å². The number of rotatable bonds is 1. The second-order valence-corrected chi connectivity index (χ2v) is 7.38. The van der Waals surface area contributed by atoms with E-state index in [4.69, 9.17) is 9.47 Å². The van der Waals surface area contributed by atoms with Crippen molar-refractivity contribution >= 4 is 27.1 Å². The Kier molecular flexibility index (Phi) is 3.05. The van der Waals surface area contributed by atoms with Gasteiger partial charge in [-0.1, -0.05) is 34.1 Å². The Morgan fingerprint density at radius 1 is 1.07 bits per heavy atom. The molecule has 1 atom stereocenters. The molecule has 2 aliphatic rings. The number of aromatic nitrogens is 3. The van der Waals surface area contributed by atoms with Gasteiger partial charge >= 0.3 is 0 Å². The molecule has 2 aromatic carbocycles. The molecule has 1 unspecified atom stereocenters. The van der Waals surface area contributed by atoms with E-state index >= 15 is 0 Å². The number of nitrogens with one attached hydrogen (secondary N) is 1. The lowest BCUT2D eigenvalue weighted by molar-refractivity contribution is 0.174. The van der Waals surface area contributed by atoms with Crippen molar-refractivity contribution < 1.29 is 9.47 Å². The van der Waals surface area contributed by atoms with Crippen molar-refractivity contribution in [2.24, 2.45) is 0 Å². The van der Waals surface area contributed by atoms with E-state index in [2.05, 4.69) is 49.5 Å². The van der Waals surface area contributed by atoms with Crippen molar-refractivity contribution in [2.45, 2.75) is 6.04 Å². The summed E-state index contributed by atoms with van der Waals surface area (Å²) in [4.78, 5) is 4.59. The highest BCUT2D eigenvalue weighted by Crippen LogP contribution is 2.45. The molecule has 0 bridgehead atoms. The van der Waals surface area contributed by atoms with Crippen LogP contribution in [-0.4, -0.2) is 21.4 Å². The zero-order chi connectivity index (χ0) is 18.0. The molecule has 4 aromatic rings. The molecular weight excluding hydrogens is 408 g/mol. The van der Waals surface area contributed by atoms with Gasteiger partial charge in [0.25, 0.3) is 0 Å². The number of hydrogen-bond acceptors (Lipinski definition) is 5. The monoisotopic (exact) mass is 420 g/mol. The molecule has 0 amide bonds. The summed E-state index contributed by atoms with van der Waals surface area (Å²) in [6, 6.07) is 14.2. The molecule has 2 aliphatic heterocycles. The summed E-state index contributed by atoms with van der Waals surface area (Å²) in [5.74, 6) is 1.51. The predicted molar refractivity (Wildman–Crippen MR) is 104 cm³/mol. The minimum absolute atomic E-state index is 0.0905. The first kappa shape index (κ1) is 15.0.